The third-order valence-corrected chi connectivity index (χ3v) is 7.16. The van der Waals surface area contributed by atoms with Crippen molar-refractivity contribution in [2.24, 2.45) is 5.92 Å². The molecule has 0 spiro atoms. The van der Waals surface area contributed by atoms with Crippen molar-refractivity contribution < 1.29 is 18.0 Å². The molecule has 30 heavy (non-hydrogen) atoms. The van der Waals surface area contributed by atoms with Gasteiger partial charge in [-0.2, -0.15) is 13.2 Å². The van der Waals surface area contributed by atoms with Crippen LogP contribution in [0, 0.1) is 5.92 Å². The molecule has 0 saturated carbocycles. The molecule has 3 heterocycles. The Morgan fingerprint density at radius 2 is 1.87 bits per heavy atom. The second-order valence-corrected chi connectivity index (χ2v) is 9.44. The van der Waals surface area contributed by atoms with Gasteiger partial charge in [0.1, 0.15) is 0 Å². The minimum atomic E-state index is -4.36. The van der Waals surface area contributed by atoms with Crippen molar-refractivity contribution in [1.29, 1.82) is 0 Å². The van der Waals surface area contributed by atoms with Crippen molar-refractivity contribution in [1.82, 2.24) is 9.80 Å². The molecule has 162 valence electrons. The van der Waals surface area contributed by atoms with E-state index in [1.54, 1.807) is 17.4 Å². The molecule has 2 saturated heterocycles. The summed E-state index contributed by atoms with van der Waals surface area (Å²) in [6.45, 7) is 4.01. The van der Waals surface area contributed by atoms with Crippen LogP contribution in [0.15, 0.2) is 41.8 Å². The van der Waals surface area contributed by atoms with E-state index in [1.165, 1.54) is 31.4 Å². The molecule has 1 aromatic heterocycles. The van der Waals surface area contributed by atoms with Crippen LogP contribution in [0.1, 0.15) is 41.2 Å². The van der Waals surface area contributed by atoms with Crippen LogP contribution in [0.2, 0.25) is 0 Å². The number of likely N-dealkylation sites (tertiary alicyclic amines) is 2. The molecular weight excluding hydrogens is 409 g/mol. The van der Waals surface area contributed by atoms with Gasteiger partial charge in [-0.15, -0.1) is 11.3 Å². The van der Waals surface area contributed by atoms with Crippen molar-refractivity contribution in [2.45, 2.75) is 37.8 Å². The summed E-state index contributed by atoms with van der Waals surface area (Å²) in [4.78, 5) is 18.2. The zero-order chi connectivity index (χ0) is 21.1. The predicted molar refractivity (Wildman–Crippen MR) is 113 cm³/mol. The molecule has 3 nitrogen and oxygen atoms in total. The fourth-order valence-electron chi connectivity index (χ4n) is 4.73. The van der Waals surface area contributed by atoms with Gasteiger partial charge in [0.2, 0.25) is 5.91 Å². The largest absolute Gasteiger partial charge is 0.416 e. The molecule has 2 aromatic rings. The maximum Gasteiger partial charge on any atom is 0.416 e. The molecule has 7 heteroatoms. The summed E-state index contributed by atoms with van der Waals surface area (Å²) in [6.07, 6.45) is -0.414. The van der Waals surface area contributed by atoms with Crippen LogP contribution in [-0.2, 0) is 17.4 Å². The Balaban J connectivity index is 1.54. The Kier molecular flexibility index (Phi) is 6.48. The zero-order valence-electron chi connectivity index (χ0n) is 16.9. The Hall–Kier alpha value is -1.86. The number of carbonyl (C=O) groups excluding carboxylic acids is 1. The number of amides is 1. The SMILES string of the molecule is O=C(Cc1cccs1)N1CC(CN2CCCCC2)C(c2cccc(C(F)(F)F)c2)C1. The van der Waals surface area contributed by atoms with Crippen molar-refractivity contribution in [3.63, 3.8) is 0 Å². The van der Waals surface area contributed by atoms with E-state index in [4.69, 9.17) is 0 Å². The molecule has 2 atom stereocenters. The van der Waals surface area contributed by atoms with Crippen molar-refractivity contribution in [3.05, 3.63) is 57.8 Å². The lowest BCUT2D eigenvalue weighted by atomic mass is 9.87. The van der Waals surface area contributed by atoms with Crippen molar-refractivity contribution >= 4 is 17.2 Å². The zero-order valence-corrected chi connectivity index (χ0v) is 17.7. The van der Waals surface area contributed by atoms with Crippen LogP contribution in [0.3, 0.4) is 0 Å². The molecular formula is C23H27F3N2OS. The number of piperidine rings is 1. The Bertz CT molecular complexity index is 846. The summed E-state index contributed by atoms with van der Waals surface area (Å²) >= 11 is 1.56. The smallest absolute Gasteiger partial charge is 0.341 e. The molecule has 0 bridgehead atoms. The van der Waals surface area contributed by atoms with Crippen LogP contribution in [0.5, 0.6) is 0 Å². The van der Waals surface area contributed by atoms with Crippen LogP contribution in [0.25, 0.3) is 0 Å². The fourth-order valence-corrected chi connectivity index (χ4v) is 5.43. The fraction of sp³-hybridized carbons (Fsp3) is 0.522. The summed E-state index contributed by atoms with van der Waals surface area (Å²) in [6, 6.07) is 9.57. The topological polar surface area (TPSA) is 23.6 Å². The molecule has 4 rings (SSSR count). The highest BCUT2D eigenvalue weighted by Crippen LogP contribution is 2.37. The third-order valence-electron chi connectivity index (χ3n) is 6.28. The van der Waals surface area contributed by atoms with E-state index in [1.807, 2.05) is 22.4 Å². The van der Waals surface area contributed by atoms with Gasteiger partial charge in [-0.05, 0) is 54.9 Å². The van der Waals surface area contributed by atoms with Crippen LogP contribution < -0.4 is 0 Å². The van der Waals surface area contributed by atoms with E-state index < -0.39 is 11.7 Å². The number of thiophene rings is 1. The van der Waals surface area contributed by atoms with Gasteiger partial charge in [-0.1, -0.05) is 30.7 Å². The molecule has 1 amide bonds. The molecule has 0 N–H and O–H groups in total. The van der Waals surface area contributed by atoms with E-state index >= 15 is 0 Å². The number of benzene rings is 1. The minimum absolute atomic E-state index is 0.0653. The van der Waals surface area contributed by atoms with E-state index in [0.29, 0.717) is 25.1 Å². The lowest BCUT2D eigenvalue weighted by molar-refractivity contribution is -0.137. The summed E-state index contributed by atoms with van der Waals surface area (Å²) < 4.78 is 39.8. The van der Waals surface area contributed by atoms with Gasteiger partial charge in [0.05, 0.1) is 12.0 Å². The lowest BCUT2D eigenvalue weighted by Gasteiger charge is -2.31. The highest BCUT2D eigenvalue weighted by molar-refractivity contribution is 7.10. The van der Waals surface area contributed by atoms with E-state index in [9.17, 15) is 18.0 Å². The van der Waals surface area contributed by atoms with E-state index in [2.05, 4.69) is 4.90 Å². The summed E-state index contributed by atoms with van der Waals surface area (Å²) in [5.41, 5.74) is 0.0818. The number of rotatable bonds is 5. The molecule has 1 aromatic carbocycles. The highest BCUT2D eigenvalue weighted by atomic mass is 32.1. The number of hydrogen-bond donors (Lipinski definition) is 0. The molecule has 2 unspecified atom stereocenters. The number of alkyl halides is 3. The first-order valence-corrected chi connectivity index (χ1v) is 11.5. The van der Waals surface area contributed by atoms with Gasteiger partial charge in [0, 0.05) is 30.4 Å². The van der Waals surface area contributed by atoms with E-state index in [-0.39, 0.29) is 17.7 Å². The summed E-state index contributed by atoms with van der Waals surface area (Å²) in [5, 5.41) is 1.96. The van der Waals surface area contributed by atoms with Crippen LogP contribution in [0.4, 0.5) is 13.2 Å². The second kappa shape index (κ2) is 9.10. The maximum absolute atomic E-state index is 13.3. The number of hydrogen-bond acceptors (Lipinski definition) is 3. The minimum Gasteiger partial charge on any atom is -0.341 e. The quantitative estimate of drug-likeness (QED) is 0.656. The first kappa shape index (κ1) is 21.4. The summed E-state index contributed by atoms with van der Waals surface area (Å²) in [5.74, 6) is 0.149. The normalized spacial score (nSPS) is 23.1. The van der Waals surface area contributed by atoms with Gasteiger partial charge >= 0.3 is 6.18 Å². The predicted octanol–water partition coefficient (Wildman–Crippen LogP) is 5.04. The number of nitrogens with zero attached hydrogens (tertiary/aromatic N) is 2. The molecule has 0 radical (unpaired) electrons. The lowest BCUT2D eigenvalue weighted by Crippen LogP contribution is -2.37. The van der Waals surface area contributed by atoms with Crippen molar-refractivity contribution in [3.8, 4) is 0 Å². The monoisotopic (exact) mass is 436 g/mol. The maximum atomic E-state index is 13.3. The van der Waals surface area contributed by atoms with Gasteiger partial charge in [0.15, 0.2) is 0 Å². The van der Waals surface area contributed by atoms with Gasteiger partial charge in [-0.25, -0.2) is 0 Å². The second-order valence-electron chi connectivity index (χ2n) is 8.41. The van der Waals surface area contributed by atoms with Crippen LogP contribution >= 0.6 is 11.3 Å². The Morgan fingerprint density at radius 3 is 2.57 bits per heavy atom. The van der Waals surface area contributed by atoms with Crippen LogP contribution in [-0.4, -0.2) is 48.4 Å². The standard InChI is InChI=1S/C23H27F3N2OS/c24-23(25,26)19-7-4-6-17(12-19)21-16-28(22(29)13-20-8-5-11-30-20)15-18(21)14-27-9-2-1-3-10-27/h4-8,11-12,18,21H,1-3,9-10,13-16H2. The first-order valence-electron chi connectivity index (χ1n) is 10.6. The third kappa shape index (κ3) is 5.06. The molecule has 0 aliphatic carbocycles. The number of carbonyl (C=O) groups is 1. The Labute approximate surface area is 179 Å². The average molecular weight is 437 g/mol. The average Bonchev–Trinajstić information content (AvgIpc) is 3.38. The van der Waals surface area contributed by atoms with Gasteiger partial charge in [-0.3, -0.25) is 4.79 Å². The van der Waals surface area contributed by atoms with Gasteiger partial charge < -0.3 is 9.80 Å². The summed E-state index contributed by atoms with van der Waals surface area (Å²) in [7, 11) is 0. The van der Waals surface area contributed by atoms with E-state index in [0.717, 1.165) is 30.6 Å². The first-order chi connectivity index (χ1) is 14.4. The van der Waals surface area contributed by atoms with Gasteiger partial charge in [0.25, 0.3) is 0 Å². The van der Waals surface area contributed by atoms with Crippen molar-refractivity contribution in [2.75, 3.05) is 32.7 Å². The highest BCUT2D eigenvalue weighted by Gasteiger charge is 2.38. The Morgan fingerprint density at radius 1 is 1.07 bits per heavy atom. The molecule has 2 aliphatic heterocycles. The number of halogens is 3. The molecule has 2 fully saturated rings. The molecule has 2 aliphatic rings.